The summed E-state index contributed by atoms with van der Waals surface area (Å²) in [6.45, 7) is 2.73. The number of carbonyl (C=O) groups excluding carboxylic acids is 2. The number of thiophene rings is 1. The molecule has 32 heavy (non-hydrogen) atoms. The van der Waals surface area contributed by atoms with Crippen molar-refractivity contribution in [3.05, 3.63) is 65.5 Å². The first-order chi connectivity index (χ1) is 15.6. The largest absolute Gasteiger partial charge is 0.477 e. The van der Waals surface area contributed by atoms with Crippen molar-refractivity contribution in [3.63, 3.8) is 0 Å². The van der Waals surface area contributed by atoms with Gasteiger partial charge in [-0.1, -0.05) is 31.2 Å². The van der Waals surface area contributed by atoms with Crippen molar-refractivity contribution in [3.8, 4) is 15.6 Å². The lowest BCUT2D eigenvalue weighted by Crippen LogP contribution is -2.50. The number of fused-ring (bicyclic) bond motifs is 2. The van der Waals surface area contributed by atoms with E-state index >= 15 is 0 Å². The fourth-order valence-corrected chi connectivity index (χ4v) is 5.58. The van der Waals surface area contributed by atoms with E-state index in [1.807, 2.05) is 61.5 Å². The van der Waals surface area contributed by atoms with Gasteiger partial charge in [0.2, 0.25) is 0 Å². The normalized spacial score (nSPS) is 15.3. The summed E-state index contributed by atoms with van der Waals surface area (Å²) >= 11 is 3.03. The lowest BCUT2D eigenvalue weighted by Gasteiger charge is -2.34. The molecule has 1 N–H and O–H groups in total. The number of rotatable bonds is 5. The molecule has 2 aromatic heterocycles. The number of aromatic nitrogens is 1. The van der Waals surface area contributed by atoms with Crippen LogP contribution in [0.4, 0.5) is 5.69 Å². The van der Waals surface area contributed by atoms with Crippen LogP contribution in [-0.4, -0.2) is 36.0 Å². The van der Waals surface area contributed by atoms with Gasteiger partial charge in [0.15, 0.2) is 6.10 Å². The number of carbonyl (C=O) groups is 2. The van der Waals surface area contributed by atoms with Gasteiger partial charge in [-0.3, -0.25) is 14.5 Å². The van der Waals surface area contributed by atoms with Gasteiger partial charge < -0.3 is 10.1 Å². The number of nitrogens with zero attached hydrogens (tertiary/aromatic N) is 2. The van der Waals surface area contributed by atoms with Crippen LogP contribution in [0.25, 0.3) is 20.1 Å². The molecule has 0 aliphatic carbocycles. The van der Waals surface area contributed by atoms with E-state index in [2.05, 4.69) is 5.32 Å². The van der Waals surface area contributed by atoms with Crippen molar-refractivity contribution in [2.75, 3.05) is 18.0 Å². The first-order valence-electron chi connectivity index (χ1n) is 10.4. The Bertz CT molecular complexity index is 1260. The molecule has 0 bridgehead atoms. The molecule has 162 valence electrons. The molecule has 0 saturated heterocycles. The molecule has 6 nitrogen and oxygen atoms in total. The van der Waals surface area contributed by atoms with Gasteiger partial charge in [-0.15, -0.1) is 22.7 Å². The van der Waals surface area contributed by atoms with Crippen molar-refractivity contribution in [1.29, 1.82) is 0 Å². The number of anilines is 1. The second kappa shape index (κ2) is 8.72. The Labute approximate surface area is 193 Å². The van der Waals surface area contributed by atoms with E-state index < -0.39 is 6.10 Å². The zero-order valence-corrected chi connectivity index (χ0v) is 19.0. The number of thiazole rings is 1. The van der Waals surface area contributed by atoms with Crippen molar-refractivity contribution >= 4 is 50.4 Å². The highest BCUT2D eigenvalue weighted by molar-refractivity contribution is 7.26. The SMILES string of the molecule is CCCNC(=O)C1CN(C(=O)c2ccc(-c3nc4ccccc4s3)s2)c2ccccc2O1. The van der Waals surface area contributed by atoms with Gasteiger partial charge in [-0.05, 0) is 42.8 Å². The molecule has 0 spiro atoms. The first kappa shape index (κ1) is 20.7. The minimum Gasteiger partial charge on any atom is -0.477 e. The molecule has 1 aliphatic heterocycles. The maximum Gasteiger partial charge on any atom is 0.268 e. The molecule has 2 aromatic carbocycles. The Morgan fingerprint density at radius 3 is 2.75 bits per heavy atom. The fraction of sp³-hybridized carbons (Fsp3) is 0.208. The van der Waals surface area contributed by atoms with Gasteiger partial charge in [0.05, 0.1) is 32.2 Å². The summed E-state index contributed by atoms with van der Waals surface area (Å²) in [4.78, 5) is 34.0. The minimum absolute atomic E-state index is 0.147. The summed E-state index contributed by atoms with van der Waals surface area (Å²) < 4.78 is 7.02. The molecular formula is C24H21N3O3S2. The van der Waals surface area contributed by atoms with Crippen molar-refractivity contribution in [2.45, 2.75) is 19.4 Å². The maximum absolute atomic E-state index is 13.5. The van der Waals surface area contributed by atoms with E-state index in [1.165, 1.54) is 11.3 Å². The van der Waals surface area contributed by atoms with Crippen LogP contribution in [0, 0.1) is 0 Å². The Hall–Kier alpha value is -3.23. The fourth-order valence-electron chi connectivity index (χ4n) is 3.60. The first-order valence-corrected chi connectivity index (χ1v) is 12.1. The molecule has 8 heteroatoms. The molecule has 3 heterocycles. The third-order valence-electron chi connectivity index (χ3n) is 5.18. The van der Waals surface area contributed by atoms with Crippen LogP contribution in [0.2, 0.25) is 0 Å². The Morgan fingerprint density at radius 2 is 1.91 bits per heavy atom. The van der Waals surface area contributed by atoms with E-state index in [9.17, 15) is 9.59 Å². The topological polar surface area (TPSA) is 71.5 Å². The van der Waals surface area contributed by atoms with E-state index in [-0.39, 0.29) is 18.4 Å². The number of para-hydroxylation sites is 3. The van der Waals surface area contributed by atoms with Crippen LogP contribution < -0.4 is 15.0 Å². The number of hydrogen-bond donors (Lipinski definition) is 1. The standard InChI is InChI=1S/C24H21N3O3S2/c1-2-13-25-22(28)18-14-27(16-8-4-5-9-17(16)30-18)24(29)21-12-11-20(31-21)23-26-15-7-3-6-10-19(15)32-23/h3-12,18H,2,13-14H2,1H3,(H,25,28). The highest BCUT2D eigenvalue weighted by Crippen LogP contribution is 2.38. The van der Waals surface area contributed by atoms with Gasteiger partial charge in [-0.25, -0.2) is 4.98 Å². The van der Waals surface area contributed by atoms with Gasteiger partial charge >= 0.3 is 0 Å². The number of ether oxygens (including phenoxy) is 1. The smallest absolute Gasteiger partial charge is 0.268 e. The lowest BCUT2D eigenvalue weighted by atomic mass is 10.1. The number of nitrogens with one attached hydrogen (secondary N) is 1. The molecule has 0 fully saturated rings. The van der Waals surface area contributed by atoms with E-state index in [0.29, 0.717) is 22.9 Å². The molecule has 0 radical (unpaired) electrons. The van der Waals surface area contributed by atoms with Gasteiger partial charge in [0.1, 0.15) is 10.8 Å². The molecule has 5 rings (SSSR count). The van der Waals surface area contributed by atoms with E-state index in [1.54, 1.807) is 22.3 Å². The Morgan fingerprint density at radius 1 is 1.09 bits per heavy atom. The Kier molecular flexibility index (Phi) is 5.63. The minimum atomic E-state index is -0.746. The highest BCUT2D eigenvalue weighted by atomic mass is 32.1. The molecule has 1 aliphatic rings. The van der Waals surface area contributed by atoms with Crippen LogP contribution in [-0.2, 0) is 4.79 Å². The van der Waals surface area contributed by atoms with Crippen LogP contribution in [0.5, 0.6) is 5.75 Å². The van der Waals surface area contributed by atoms with Crippen LogP contribution in [0.3, 0.4) is 0 Å². The summed E-state index contributed by atoms with van der Waals surface area (Å²) in [6.07, 6.45) is 0.0885. The molecule has 4 aromatic rings. The predicted molar refractivity (Wildman–Crippen MR) is 129 cm³/mol. The zero-order chi connectivity index (χ0) is 22.1. The van der Waals surface area contributed by atoms with Crippen LogP contribution >= 0.6 is 22.7 Å². The summed E-state index contributed by atoms with van der Waals surface area (Å²) in [5, 5.41) is 3.76. The monoisotopic (exact) mass is 463 g/mol. The number of hydrogen-bond acceptors (Lipinski definition) is 6. The van der Waals surface area contributed by atoms with Crippen molar-refractivity contribution < 1.29 is 14.3 Å². The summed E-state index contributed by atoms with van der Waals surface area (Å²) in [5.74, 6) is 0.179. The van der Waals surface area contributed by atoms with Gasteiger partial charge in [-0.2, -0.15) is 0 Å². The maximum atomic E-state index is 13.5. The van der Waals surface area contributed by atoms with Crippen LogP contribution in [0.15, 0.2) is 60.7 Å². The van der Waals surface area contributed by atoms with Crippen molar-refractivity contribution in [2.24, 2.45) is 0 Å². The summed E-state index contributed by atoms with van der Waals surface area (Å²) in [7, 11) is 0. The zero-order valence-electron chi connectivity index (χ0n) is 17.4. The number of amides is 2. The molecule has 2 amide bonds. The third kappa shape index (κ3) is 3.87. The molecule has 1 unspecified atom stereocenters. The second-order valence-corrected chi connectivity index (χ2v) is 9.55. The number of benzene rings is 2. The summed E-state index contributed by atoms with van der Waals surface area (Å²) in [6, 6.07) is 19.1. The van der Waals surface area contributed by atoms with Crippen LogP contribution in [0.1, 0.15) is 23.0 Å². The molecular weight excluding hydrogens is 442 g/mol. The summed E-state index contributed by atoms with van der Waals surface area (Å²) in [5.41, 5.74) is 1.63. The quantitative estimate of drug-likeness (QED) is 0.454. The average molecular weight is 464 g/mol. The van der Waals surface area contributed by atoms with Gasteiger partial charge in [0, 0.05) is 6.54 Å². The second-order valence-electron chi connectivity index (χ2n) is 7.43. The highest BCUT2D eigenvalue weighted by Gasteiger charge is 2.34. The van der Waals surface area contributed by atoms with Gasteiger partial charge in [0.25, 0.3) is 11.8 Å². The lowest BCUT2D eigenvalue weighted by molar-refractivity contribution is -0.127. The molecule has 1 atom stereocenters. The van der Waals surface area contributed by atoms with E-state index in [4.69, 9.17) is 9.72 Å². The Balaban J connectivity index is 1.43. The van der Waals surface area contributed by atoms with Crippen molar-refractivity contribution in [1.82, 2.24) is 10.3 Å². The van der Waals surface area contributed by atoms with E-state index in [0.717, 1.165) is 26.5 Å². The third-order valence-corrected chi connectivity index (χ3v) is 7.46. The predicted octanol–water partition coefficient (Wildman–Crippen LogP) is 4.96. The average Bonchev–Trinajstić information content (AvgIpc) is 3.48. The molecule has 0 saturated carbocycles.